The molecule has 1 saturated heterocycles. The molecule has 8 nitrogen and oxygen atoms in total. The lowest BCUT2D eigenvalue weighted by atomic mass is 10.1. The van der Waals surface area contributed by atoms with E-state index in [0.717, 1.165) is 25.9 Å². The van der Waals surface area contributed by atoms with Crippen LogP contribution in [0, 0.1) is 0 Å². The van der Waals surface area contributed by atoms with Gasteiger partial charge in [0.15, 0.2) is 5.69 Å². The van der Waals surface area contributed by atoms with E-state index in [0.29, 0.717) is 37.9 Å². The zero-order valence-electron chi connectivity index (χ0n) is 12.1. The summed E-state index contributed by atoms with van der Waals surface area (Å²) in [5, 5.41) is 22.6. The lowest BCUT2D eigenvalue weighted by molar-refractivity contribution is 0.0865. The first-order valence-electron chi connectivity index (χ1n) is 7.40. The van der Waals surface area contributed by atoms with Crippen LogP contribution in [0.5, 0.6) is 0 Å². The number of aromatic nitrogens is 3. The molecular formula is C13H23N5O3. The minimum Gasteiger partial charge on any atom is -0.394 e. The van der Waals surface area contributed by atoms with Gasteiger partial charge in [-0.3, -0.25) is 4.79 Å². The number of aliphatic hydroxyl groups excluding tert-OH is 1. The molecule has 1 aliphatic heterocycles. The molecular weight excluding hydrogens is 274 g/mol. The largest absolute Gasteiger partial charge is 0.394 e. The average molecular weight is 297 g/mol. The molecule has 1 aromatic rings. The summed E-state index contributed by atoms with van der Waals surface area (Å²) >= 11 is 0. The van der Waals surface area contributed by atoms with Crippen LogP contribution >= 0.6 is 0 Å². The fourth-order valence-electron chi connectivity index (χ4n) is 2.26. The molecule has 0 bridgehead atoms. The second kappa shape index (κ2) is 8.71. The van der Waals surface area contributed by atoms with Crippen LogP contribution in [-0.2, 0) is 4.74 Å². The Morgan fingerprint density at radius 3 is 3.05 bits per heavy atom. The number of nitrogens with zero attached hydrogens (tertiary/aromatic N) is 3. The van der Waals surface area contributed by atoms with E-state index in [9.17, 15) is 4.79 Å². The SMILES string of the molecule is O=C(NCCCOCCO)c1cn(C2CCNCC2)nn1. The predicted octanol–water partition coefficient (Wildman–Crippen LogP) is -0.669. The van der Waals surface area contributed by atoms with Gasteiger partial charge in [0.25, 0.3) is 5.91 Å². The van der Waals surface area contributed by atoms with E-state index in [1.807, 2.05) is 0 Å². The monoisotopic (exact) mass is 297 g/mol. The molecule has 1 aromatic heterocycles. The third-order valence-corrected chi connectivity index (χ3v) is 3.41. The van der Waals surface area contributed by atoms with E-state index in [4.69, 9.17) is 9.84 Å². The molecule has 0 radical (unpaired) electrons. The molecule has 8 heteroatoms. The van der Waals surface area contributed by atoms with E-state index >= 15 is 0 Å². The first kappa shape index (κ1) is 15.9. The molecule has 0 aliphatic carbocycles. The highest BCUT2D eigenvalue weighted by Gasteiger charge is 2.18. The van der Waals surface area contributed by atoms with Crippen LogP contribution in [0.3, 0.4) is 0 Å². The van der Waals surface area contributed by atoms with Gasteiger partial charge in [-0.1, -0.05) is 5.21 Å². The summed E-state index contributed by atoms with van der Waals surface area (Å²) in [6, 6.07) is 0.326. The number of aliphatic hydroxyl groups is 1. The first-order chi connectivity index (χ1) is 10.3. The number of rotatable bonds is 8. The highest BCUT2D eigenvalue weighted by Crippen LogP contribution is 2.16. The van der Waals surface area contributed by atoms with Crippen molar-refractivity contribution in [3.05, 3.63) is 11.9 Å². The zero-order valence-corrected chi connectivity index (χ0v) is 12.1. The van der Waals surface area contributed by atoms with Crippen LogP contribution in [0.15, 0.2) is 6.20 Å². The van der Waals surface area contributed by atoms with Crippen molar-refractivity contribution in [2.75, 3.05) is 39.5 Å². The second-order valence-corrected chi connectivity index (χ2v) is 5.01. The Balaban J connectivity index is 1.71. The van der Waals surface area contributed by atoms with Gasteiger partial charge >= 0.3 is 0 Å². The Hall–Kier alpha value is -1.51. The lowest BCUT2D eigenvalue weighted by Crippen LogP contribution is -2.29. The van der Waals surface area contributed by atoms with E-state index in [1.165, 1.54) is 0 Å². The summed E-state index contributed by atoms with van der Waals surface area (Å²) < 4.78 is 6.91. The molecule has 1 aliphatic rings. The molecule has 2 heterocycles. The fourth-order valence-corrected chi connectivity index (χ4v) is 2.26. The van der Waals surface area contributed by atoms with Gasteiger partial charge < -0.3 is 20.5 Å². The van der Waals surface area contributed by atoms with Crippen LogP contribution < -0.4 is 10.6 Å². The van der Waals surface area contributed by atoms with Gasteiger partial charge in [0, 0.05) is 13.2 Å². The Kier molecular flexibility index (Phi) is 6.58. The van der Waals surface area contributed by atoms with Gasteiger partial charge in [-0.15, -0.1) is 5.10 Å². The molecule has 118 valence electrons. The molecule has 3 N–H and O–H groups in total. The minimum absolute atomic E-state index is 0.0200. The average Bonchev–Trinajstić information content (AvgIpc) is 3.01. The lowest BCUT2D eigenvalue weighted by Gasteiger charge is -2.22. The molecule has 0 spiro atoms. The van der Waals surface area contributed by atoms with Crippen molar-refractivity contribution in [2.24, 2.45) is 0 Å². The van der Waals surface area contributed by atoms with Crippen molar-refractivity contribution >= 4 is 5.91 Å². The Morgan fingerprint density at radius 1 is 1.48 bits per heavy atom. The van der Waals surface area contributed by atoms with Gasteiger partial charge in [0.2, 0.25) is 0 Å². The normalized spacial score (nSPS) is 16.0. The van der Waals surface area contributed by atoms with Crippen LogP contribution in [0.2, 0.25) is 0 Å². The minimum atomic E-state index is -0.211. The number of hydrogen-bond donors (Lipinski definition) is 3. The summed E-state index contributed by atoms with van der Waals surface area (Å²) in [5.74, 6) is -0.211. The molecule has 21 heavy (non-hydrogen) atoms. The molecule has 0 atom stereocenters. The van der Waals surface area contributed by atoms with Crippen LogP contribution in [0.25, 0.3) is 0 Å². The number of piperidine rings is 1. The summed E-state index contributed by atoms with van der Waals surface area (Å²) in [6.07, 6.45) is 4.43. The Bertz CT molecular complexity index is 431. The highest BCUT2D eigenvalue weighted by molar-refractivity contribution is 5.91. The Morgan fingerprint density at radius 2 is 2.29 bits per heavy atom. The van der Waals surface area contributed by atoms with Gasteiger partial charge in [-0.25, -0.2) is 4.68 Å². The standard InChI is InChI=1S/C13H23N5O3/c19-7-9-21-8-1-4-15-13(20)12-10-18(17-16-12)11-2-5-14-6-3-11/h10-11,14,19H,1-9H2,(H,15,20). The van der Waals surface area contributed by atoms with Gasteiger partial charge in [0.05, 0.1) is 25.5 Å². The quantitative estimate of drug-likeness (QED) is 0.550. The van der Waals surface area contributed by atoms with E-state index in [1.54, 1.807) is 10.9 Å². The number of nitrogens with one attached hydrogen (secondary N) is 2. The smallest absolute Gasteiger partial charge is 0.273 e. The third kappa shape index (κ3) is 5.07. The fraction of sp³-hybridized carbons (Fsp3) is 0.769. The molecule has 0 saturated carbocycles. The maximum absolute atomic E-state index is 11.9. The van der Waals surface area contributed by atoms with Crippen LogP contribution in [-0.4, -0.2) is 65.5 Å². The summed E-state index contributed by atoms with van der Waals surface area (Å²) in [7, 11) is 0. The second-order valence-electron chi connectivity index (χ2n) is 5.01. The maximum atomic E-state index is 11.9. The topological polar surface area (TPSA) is 101 Å². The van der Waals surface area contributed by atoms with Gasteiger partial charge in [-0.2, -0.15) is 0 Å². The van der Waals surface area contributed by atoms with Crippen molar-refractivity contribution in [1.29, 1.82) is 0 Å². The van der Waals surface area contributed by atoms with Crippen molar-refractivity contribution in [1.82, 2.24) is 25.6 Å². The number of amides is 1. The molecule has 0 unspecified atom stereocenters. The third-order valence-electron chi connectivity index (χ3n) is 3.41. The molecule has 1 fully saturated rings. The molecule has 0 aromatic carbocycles. The summed E-state index contributed by atoms with van der Waals surface area (Å²) in [5.41, 5.74) is 0.352. The first-order valence-corrected chi connectivity index (χ1v) is 7.40. The van der Waals surface area contributed by atoms with Crippen LogP contribution in [0.4, 0.5) is 0 Å². The zero-order chi connectivity index (χ0) is 14.9. The maximum Gasteiger partial charge on any atom is 0.273 e. The summed E-state index contributed by atoms with van der Waals surface area (Å²) in [6.45, 7) is 3.33. The Labute approximate surface area is 123 Å². The number of carbonyl (C=O) groups is 1. The predicted molar refractivity (Wildman–Crippen MR) is 76.0 cm³/mol. The number of hydrogen-bond acceptors (Lipinski definition) is 6. The van der Waals surface area contributed by atoms with Crippen molar-refractivity contribution in [3.8, 4) is 0 Å². The summed E-state index contributed by atoms with van der Waals surface area (Å²) in [4.78, 5) is 11.9. The highest BCUT2D eigenvalue weighted by atomic mass is 16.5. The van der Waals surface area contributed by atoms with Crippen molar-refractivity contribution in [2.45, 2.75) is 25.3 Å². The van der Waals surface area contributed by atoms with Crippen molar-refractivity contribution in [3.63, 3.8) is 0 Å². The van der Waals surface area contributed by atoms with Gasteiger partial charge in [-0.05, 0) is 32.4 Å². The van der Waals surface area contributed by atoms with Crippen LogP contribution in [0.1, 0.15) is 35.8 Å². The molecule has 2 rings (SSSR count). The van der Waals surface area contributed by atoms with Gasteiger partial charge in [0.1, 0.15) is 0 Å². The number of ether oxygens (including phenoxy) is 1. The van der Waals surface area contributed by atoms with E-state index in [-0.39, 0.29) is 12.5 Å². The van der Waals surface area contributed by atoms with Crippen molar-refractivity contribution < 1.29 is 14.6 Å². The number of carbonyl (C=O) groups excluding carboxylic acids is 1. The molecule has 1 amide bonds. The van der Waals surface area contributed by atoms with E-state index < -0.39 is 0 Å². The van der Waals surface area contributed by atoms with E-state index in [2.05, 4.69) is 20.9 Å².